The Balaban J connectivity index is 1.93. The lowest BCUT2D eigenvalue weighted by atomic mass is 9.91. The summed E-state index contributed by atoms with van der Waals surface area (Å²) in [7, 11) is 0. The first kappa shape index (κ1) is 12.9. The van der Waals surface area contributed by atoms with Crippen molar-refractivity contribution in [1.29, 1.82) is 0 Å². The molecule has 1 saturated heterocycles. The summed E-state index contributed by atoms with van der Waals surface area (Å²) in [4.78, 5) is 13.8. The van der Waals surface area contributed by atoms with Gasteiger partial charge in [0.05, 0.1) is 0 Å². The minimum absolute atomic E-state index is 0.123. The highest BCUT2D eigenvalue weighted by Crippen LogP contribution is 2.29. The first-order valence-corrected chi connectivity index (χ1v) is 7.20. The van der Waals surface area contributed by atoms with Gasteiger partial charge in [-0.05, 0) is 25.2 Å². The second kappa shape index (κ2) is 5.85. The molecule has 1 saturated carbocycles. The Morgan fingerprint density at radius 2 is 2.00 bits per heavy atom. The fraction of sp³-hybridized carbons (Fsp3) is 0.929. The van der Waals surface area contributed by atoms with Crippen LogP contribution in [0.15, 0.2) is 0 Å². The molecule has 0 spiro atoms. The zero-order chi connectivity index (χ0) is 12.3. The predicted octanol–water partition coefficient (Wildman–Crippen LogP) is 2.17. The smallest absolute Gasteiger partial charge is 0.217 e. The van der Waals surface area contributed by atoms with Crippen molar-refractivity contribution in [3.8, 4) is 0 Å². The van der Waals surface area contributed by atoms with Crippen molar-refractivity contribution in [3.05, 3.63) is 0 Å². The molecule has 98 valence electrons. The van der Waals surface area contributed by atoms with Crippen LogP contribution in [0.4, 0.5) is 0 Å². The molecule has 1 aliphatic heterocycles. The molecule has 17 heavy (non-hydrogen) atoms. The summed E-state index contributed by atoms with van der Waals surface area (Å²) in [5.74, 6) is 0.888. The van der Waals surface area contributed by atoms with Gasteiger partial charge in [0.25, 0.3) is 0 Å². The van der Waals surface area contributed by atoms with E-state index in [1.165, 1.54) is 45.1 Å². The van der Waals surface area contributed by atoms with E-state index in [4.69, 9.17) is 0 Å². The number of carbonyl (C=O) groups is 1. The van der Waals surface area contributed by atoms with Gasteiger partial charge in [-0.25, -0.2) is 0 Å². The summed E-state index contributed by atoms with van der Waals surface area (Å²) in [5.41, 5.74) is 0. The maximum Gasteiger partial charge on any atom is 0.217 e. The quantitative estimate of drug-likeness (QED) is 0.817. The third-order valence-corrected chi connectivity index (χ3v) is 4.39. The fourth-order valence-corrected chi connectivity index (χ4v) is 3.50. The van der Waals surface area contributed by atoms with E-state index in [1.807, 2.05) is 0 Å². The lowest BCUT2D eigenvalue weighted by Gasteiger charge is -2.41. The number of nitrogens with one attached hydrogen (secondary N) is 1. The van der Waals surface area contributed by atoms with Crippen molar-refractivity contribution in [3.63, 3.8) is 0 Å². The van der Waals surface area contributed by atoms with E-state index in [0.29, 0.717) is 6.04 Å². The lowest BCUT2D eigenvalue weighted by Crippen LogP contribution is -2.52. The second-order valence-electron chi connectivity index (χ2n) is 5.80. The summed E-state index contributed by atoms with van der Waals surface area (Å²) in [6.07, 6.45) is 7.91. The number of hydrogen-bond acceptors (Lipinski definition) is 2. The Bertz CT molecular complexity index is 261. The maximum atomic E-state index is 11.2. The molecular formula is C14H26N2O. The van der Waals surface area contributed by atoms with Gasteiger partial charge in [-0.1, -0.05) is 26.2 Å². The van der Waals surface area contributed by atoms with Gasteiger partial charge in [0.1, 0.15) is 0 Å². The molecule has 0 bridgehead atoms. The van der Waals surface area contributed by atoms with E-state index in [-0.39, 0.29) is 5.91 Å². The highest BCUT2D eigenvalue weighted by molar-refractivity contribution is 5.73. The Hall–Kier alpha value is -0.570. The zero-order valence-corrected chi connectivity index (χ0v) is 11.2. The van der Waals surface area contributed by atoms with Gasteiger partial charge >= 0.3 is 0 Å². The number of nitrogens with zero attached hydrogens (tertiary/aromatic N) is 1. The SMILES string of the molecule is CCC1CC(NC(C)=O)CN(C2CCCC2)C1. The maximum absolute atomic E-state index is 11.2. The molecular weight excluding hydrogens is 212 g/mol. The number of rotatable bonds is 3. The van der Waals surface area contributed by atoms with Crippen molar-refractivity contribution in [2.24, 2.45) is 5.92 Å². The Kier molecular flexibility index (Phi) is 4.43. The molecule has 0 aromatic carbocycles. The van der Waals surface area contributed by atoms with E-state index >= 15 is 0 Å². The van der Waals surface area contributed by atoms with Crippen molar-refractivity contribution >= 4 is 5.91 Å². The topological polar surface area (TPSA) is 32.3 Å². The highest BCUT2D eigenvalue weighted by atomic mass is 16.1. The van der Waals surface area contributed by atoms with Crippen LogP contribution in [0, 0.1) is 5.92 Å². The molecule has 2 unspecified atom stereocenters. The molecule has 1 heterocycles. The Morgan fingerprint density at radius 1 is 1.29 bits per heavy atom. The minimum atomic E-state index is 0.123. The molecule has 2 fully saturated rings. The van der Waals surface area contributed by atoms with Crippen LogP contribution in [0.2, 0.25) is 0 Å². The van der Waals surface area contributed by atoms with Crippen molar-refractivity contribution in [2.45, 2.75) is 64.5 Å². The van der Waals surface area contributed by atoms with Crippen LogP contribution in [0.5, 0.6) is 0 Å². The first-order valence-electron chi connectivity index (χ1n) is 7.20. The van der Waals surface area contributed by atoms with Gasteiger partial charge in [-0.3, -0.25) is 9.69 Å². The first-order chi connectivity index (χ1) is 8.19. The third kappa shape index (κ3) is 3.44. The average molecular weight is 238 g/mol. The number of hydrogen-bond donors (Lipinski definition) is 1. The van der Waals surface area contributed by atoms with Gasteiger partial charge in [-0.15, -0.1) is 0 Å². The fourth-order valence-electron chi connectivity index (χ4n) is 3.50. The van der Waals surface area contributed by atoms with Crippen LogP contribution in [0.1, 0.15) is 52.4 Å². The van der Waals surface area contributed by atoms with E-state index < -0.39 is 0 Å². The lowest BCUT2D eigenvalue weighted by molar-refractivity contribution is -0.120. The Labute approximate surface area is 105 Å². The van der Waals surface area contributed by atoms with E-state index in [9.17, 15) is 4.79 Å². The van der Waals surface area contributed by atoms with Crippen molar-refractivity contribution in [2.75, 3.05) is 13.1 Å². The number of carbonyl (C=O) groups excluding carboxylic acids is 1. The number of piperidine rings is 1. The third-order valence-electron chi connectivity index (χ3n) is 4.39. The number of amides is 1. The molecule has 3 nitrogen and oxygen atoms in total. The normalized spacial score (nSPS) is 31.6. The van der Waals surface area contributed by atoms with Gasteiger partial charge in [0.2, 0.25) is 5.91 Å². The molecule has 1 N–H and O–H groups in total. The molecule has 2 aliphatic rings. The number of likely N-dealkylation sites (tertiary alicyclic amines) is 1. The second-order valence-corrected chi connectivity index (χ2v) is 5.80. The van der Waals surface area contributed by atoms with E-state index in [2.05, 4.69) is 17.1 Å². The monoisotopic (exact) mass is 238 g/mol. The summed E-state index contributed by atoms with van der Waals surface area (Å²) < 4.78 is 0. The van der Waals surface area contributed by atoms with Gasteiger partial charge in [0.15, 0.2) is 0 Å². The molecule has 2 atom stereocenters. The molecule has 0 aromatic rings. The minimum Gasteiger partial charge on any atom is -0.352 e. The van der Waals surface area contributed by atoms with Crippen LogP contribution >= 0.6 is 0 Å². The van der Waals surface area contributed by atoms with Gasteiger partial charge in [0, 0.05) is 32.1 Å². The molecule has 2 rings (SSSR count). The van der Waals surface area contributed by atoms with Crippen LogP contribution in [0.3, 0.4) is 0 Å². The largest absolute Gasteiger partial charge is 0.352 e. The van der Waals surface area contributed by atoms with Gasteiger partial charge < -0.3 is 5.32 Å². The van der Waals surface area contributed by atoms with Crippen molar-refractivity contribution in [1.82, 2.24) is 10.2 Å². The summed E-state index contributed by atoms with van der Waals surface area (Å²) >= 11 is 0. The molecule has 3 heteroatoms. The van der Waals surface area contributed by atoms with Crippen molar-refractivity contribution < 1.29 is 4.79 Å². The Morgan fingerprint density at radius 3 is 2.59 bits per heavy atom. The molecule has 0 aromatic heterocycles. The van der Waals surface area contributed by atoms with Crippen LogP contribution in [-0.4, -0.2) is 36.0 Å². The summed E-state index contributed by atoms with van der Waals surface area (Å²) in [5, 5.41) is 3.12. The van der Waals surface area contributed by atoms with Crippen LogP contribution in [-0.2, 0) is 4.79 Å². The van der Waals surface area contributed by atoms with Crippen LogP contribution in [0.25, 0.3) is 0 Å². The van der Waals surface area contributed by atoms with E-state index in [0.717, 1.165) is 18.5 Å². The van der Waals surface area contributed by atoms with E-state index in [1.54, 1.807) is 6.92 Å². The van der Waals surface area contributed by atoms with Crippen LogP contribution < -0.4 is 5.32 Å². The average Bonchev–Trinajstić information content (AvgIpc) is 2.81. The van der Waals surface area contributed by atoms with Gasteiger partial charge in [-0.2, -0.15) is 0 Å². The highest BCUT2D eigenvalue weighted by Gasteiger charge is 2.31. The molecule has 1 aliphatic carbocycles. The predicted molar refractivity (Wildman–Crippen MR) is 69.8 cm³/mol. The molecule has 1 amide bonds. The summed E-state index contributed by atoms with van der Waals surface area (Å²) in [6.45, 7) is 6.22. The standard InChI is InChI=1S/C14H26N2O/c1-3-12-8-13(15-11(2)17)10-16(9-12)14-6-4-5-7-14/h12-14H,3-10H2,1-2H3,(H,15,17). The zero-order valence-electron chi connectivity index (χ0n) is 11.2. The molecule has 0 radical (unpaired) electrons. The summed E-state index contributed by atoms with van der Waals surface area (Å²) in [6, 6.07) is 1.17.